The number of halogens is 1. The molecule has 5 heteroatoms. The maximum atomic E-state index is 11.7. The number of piperidine rings is 1. The molecule has 0 bridgehead atoms. The van der Waals surface area contributed by atoms with Gasteiger partial charge in [-0.3, -0.25) is 4.79 Å². The van der Waals surface area contributed by atoms with Crippen molar-refractivity contribution in [1.82, 2.24) is 10.6 Å². The lowest BCUT2D eigenvalue weighted by Gasteiger charge is -2.37. The van der Waals surface area contributed by atoms with Crippen molar-refractivity contribution in [1.29, 1.82) is 0 Å². The Morgan fingerprint density at radius 2 is 1.83 bits per heavy atom. The average molecular weight is 276 g/mol. The molecule has 1 heterocycles. The van der Waals surface area contributed by atoms with Crippen LogP contribution in [-0.2, 0) is 4.79 Å². The Bertz CT molecular complexity index is 261. The van der Waals surface area contributed by atoms with Crippen molar-refractivity contribution in [2.45, 2.75) is 50.5 Å². The Balaban J connectivity index is 0.00000162. The fourth-order valence-electron chi connectivity index (χ4n) is 3.09. The molecule has 1 amide bonds. The van der Waals surface area contributed by atoms with Crippen LogP contribution >= 0.6 is 12.4 Å². The van der Waals surface area contributed by atoms with Crippen LogP contribution < -0.4 is 16.4 Å². The minimum Gasteiger partial charge on any atom is -0.368 e. The molecule has 0 spiro atoms. The van der Waals surface area contributed by atoms with Crippen molar-refractivity contribution >= 4 is 18.3 Å². The summed E-state index contributed by atoms with van der Waals surface area (Å²) in [6, 6.07) is 0. The lowest BCUT2D eigenvalue weighted by molar-refractivity contribution is -0.125. The first kappa shape index (κ1) is 15.7. The van der Waals surface area contributed by atoms with E-state index in [4.69, 9.17) is 5.73 Å². The van der Waals surface area contributed by atoms with E-state index in [1.165, 1.54) is 19.3 Å². The van der Waals surface area contributed by atoms with Crippen LogP contribution in [0.4, 0.5) is 0 Å². The van der Waals surface area contributed by atoms with Crippen LogP contribution in [0, 0.1) is 5.92 Å². The molecular weight excluding hydrogens is 250 g/mol. The first-order valence-electron chi connectivity index (χ1n) is 6.99. The number of carbonyl (C=O) groups is 1. The molecule has 2 fully saturated rings. The van der Waals surface area contributed by atoms with Gasteiger partial charge in [-0.25, -0.2) is 0 Å². The Kier molecular flexibility index (Phi) is 6.39. The summed E-state index contributed by atoms with van der Waals surface area (Å²) in [6.45, 7) is 3.16. The second-order valence-electron chi connectivity index (χ2n) is 5.58. The molecular formula is C13H26ClN3O. The van der Waals surface area contributed by atoms with Crippen molar-refractivity contribution in [3.05, 3.63) is 0 Å². The van der Waals surface area contributed by atoms with E-state index in [0.29, 0.717) is 5.92 Å². The second-order valence-corrected chi connectivity index (χ2v) is 5.58. The van der Waals surface area contributed by atoms with Gasteiger partial charge in [0.15, 0.2) is 0 Å². The first-order valence-corrected chi connectivity index (χ1v) is 6.99. The maximum absolute atomic E-state index is 11.7. The van der Waals surface area contributed by atoms with Gasteiger partial charge >= 0.3 is 0 Å². The quantitative estimate of drug-likeness (QED) is 0.722. The van der Waals surface area contributed by atoms with E-state index in [0.717, 1.165) is 45.3 Å². The van der Waals surface area contributed by atoms with E-state index in [1.807, 2.05) is 0 Å². The molecule has 4 N–H and O–H groups in total. The largest absolute Gasteiger partial charge is 0.368 e. The molecule has 1 saturated heterocycles. The number of primary amides is 1. The molecule has 0 atom stereocenters. The zero-order chi connectivity index (χ0) is 12.1. The molecule has 106 valence electrons. The van der Waals surface area contributed by atoms with Crippen molar-refractivity contribution in [3.63, 3.8) is 0 Å². The molecule has 0 aromatic heterocycles. The van der Waals surface area contributed by atoms with Gasteiger partial charge in [-0.05, 0) is 51.2 Å². The highest BCUT2D eigenvalue weighted by atomic mass is 35.5. The molecule has 0 radical (unpaired) electrons. The molecule has 0 aromatic rings. The summed E-state index contributed by atoms with van der Waals surface area (Å²) >= 11 is 0. The highest BCUT2D eigenvalue weighted by molar-refractivity contribution is 5.85. The van der Waals surface area contributed by atoms with Crippen LogP contribution in [-0.4, -0.2) is 31.1 Å². The van der Waals surface area contributed by atoms with Gasteiger partial charge in [-0.2, -0.15) is 0 Å². The standard InChI is InChI=1S/C13H25N3O.ClH/c14-12(17)13(6-2-1-3-7-13)16-10-11-4-8-15-9-5-11;/h11,15-16H,1-10H2,(H2,14,17);1H. The van der Waals surface area contributed by atoms with Crippen molar-refractivity contribution in [3.8, 4) is 0 Å². The third-order valence-electron chi connectivity index (χ3n) is 4.37. The number of carbonyl (C=O) groups excluding carboxylic acids is 1. The molecule has 2 rings (SSSR count). The first-order chi connectivity index (χ1) is 8.23. The van der Waals surface area contributed by atoms with Crippen molar-refractivity contribution in [2.24, 2.45) is 11.7 Å². The smallest absolute Gasteiger partial charge is 0.237 e. The number of nitrogens with two attached hydrogens (primary N) is 1. The number of amides is 1. The monoisotopic (exact) mass is 275 g/mol. The van der Waals surface area contributed by atoms with Crippen LogP contribution in [0.5, 0.6) is 0 Å². The minimum atomic E-state index is -0.400. The van der Waals surface area contributed by atoms with E-state index in [-0.39, 0.29) is 18.3 Å². The van der Waals surface area contributed by atoms with Gasteiger partial charge in [0.25, 0.3) is 0 Å². The normalized spacial score (nSPS) is 24.2. The number of rotatable bonds is 4. The van der Waals surface area contributed by atoms with E-state index in [9.17, 15) is 4.79 Å². The maximum Gasteiger partial charge on any atom is 0.237 e. The fraction of sp³-hybridized carbons (Fsp3) is 0.923. The zero-order valence-electron chi connectivity index (χ0n) is 11.0. The second kappa shape index (κ2) is 7.31. The van der Waals surface area contributed by atoms with Crippen molar-refractivity contribution in [2.75, 3.05) is 19.6 Å². The van der Waals surface area contributed by atoms with E-state index in [1.54, 1.807) is 0 Å². The Morgan fingerprint density at radius 1 is 1.22 bits per heavy atom. The van der Waals surface area contributed by atoms with Gasteiger partial charge < -0.3 is 16.4 Å². The summed E-state index contributed by atoms with van der Waals surface area (Å²) in [6.07, 6.45) is 7.76. The summed E-state index contributed by atoms with van der Waals surface area (Å²) in [5, 5.41) is 6.87. The van der Waals surface area contributed by atoms with E-state index in [2.05, 4.69) is 10.6 Å². The number of nitrogens with one attached hydrogen (secondary N) is 2. The third-order valence-corrected chi connectivity index (χ3v) is 4.37. The number of hydrogen-bond acceptors (Lipinski definition) is 3. The summed E-state index contributed by atoms with van der Waals surface area (Å²) < 4.78 is 0. The zero-order valence-corrected chi connectivity index (χ0v) is 11.9. The van der Waals surface area contributed by atoms with Crippen LogP contribution in [0.15, 0.2) is 0 Å². The summed E-state index contributed by atoms with van der Waals surface area (Å²) in [4.78, 5) is 11.7. The lowest BCUT2D eigenvalue weighted by atomic mass is 9.80. The third kappa shape index (κ3) is 3.84. The molecule has 0 unspecified atom stereocenters. The predicted molar refractivity (Wildman–Crippen MR) is 75.9 cm³/mol. The van der Waals surface area contributed by atoms with Gasteiger partial charge in [-0.1, -0.05) is 19.3 Å². The van der Waals surface area contributed by atoms with Gasteiger partial charge in [0.1, 0.15) is 0 Å². The van der Waals surface area contributed by atoms with Crippen LogP contribution in [0.3, 0.4) is 0 Å². The van der Waals surface area contributed by atoms with Gasteiger partial charge in [0, 0.05) is 0 Å². The minimum absolute atomic E-state index is 0. The summed E-state index contributed by atoms with van der Waals surface area (Å²) in [5.74, 6) is 0.556. The Hall–Kier alpha value is -0.320. The SMILES string of the molecule is Cl.NC(=O)C1(NCC2CCNCC2)CCCCC1. The Morgan fingerprint density at radius 3 is 2.39 bits per heavy atom. The molecule has 1 aliphatic carbocycles. The highest BCUT2D eigenvalue weighted by Gasteiger charge is 2.37. The molecule has 1 saturated carbocycles. The van der Waals surface area contributed by atoms with Crippen LogP contribution in [0.1, 0.15) is 44.9 Å². The summed E-state index contributed by atoms with van der Waals surface area (Å²) in [5.41, 5.74) is 5.20. The topological polar surface area (TPSA) is 67.2 Å². The van der Waals surface area contributed by atoms with E-state index >= 15 is 0 Å². The van der Waals surface area contributed by atoms with Crippen molar-refractivity contribution < 1.29 is 4.79 Å². The summed E-state index contributed by atoms with van der Waals surface area (Å²) in [7, 11) is 0. The molecule has 4 nitrogen and oxygen atoms in total. The van der Waals surface area contributed by atoms with Gasteiger partial charge in [0.05, 0.1) is 5.54 Å². The number of hydrogen-bond donors (Lipinski definition) is 3. The fourth-order valence-corrected chi connectivity index (χ4v) is 3.09. The van der Waals surface area contributed by atoms with Gasteiger partial charge in [0.2, 0.25) is 5.91 Å². The highest BCUT2D eigenvalue weighted by Crippen LogP contribution is 2.28. The Labute approximate surface area is 116 Å². The van der Waals surface area contributed by atoms with Crippen LogP contribution in [0.2, 0.25) is 0 Å². The lowest BCUT2D eigenvalue weighted by Crippen LogP contribution is -2.57. The predicted octanol–water partition coefficient (Wildman–Crippen LogP) is 1.19. The molecule has 0 aromatic carbocycles. The molecule has 18 heavy (non-hydrogen) atoms. The van der Waals surface area contributed by atoms with E-state index < -0.39 is 5.54 Å². The van der Waals surface area contributed by atoms with Gasteiger partial charge in [-0.15, -0.1) is 12.4 Å². The van der Waals surface area contributed by atoms with Crippen LogP contribution in [0.25, 0.3) is 0 Å². The molecule has 2 aliphatic rings. The molecule has 1 aliphatic heterocycles. The average Bonchev–Trinajstić information content (AvgIpc) is 2.38.